The Hall–Kier alpha value is -2.06. The first-order valence-electron chi connectivity index (χ1n) is 11.7. The molecule has 0 unspecified atom stereocenters. The quantitative estimate of drug-likeness (QED) is 0.397. The Kier molecular flexibility index (Phi) is 7.02. The largest absolute Gasteiger partial charge is 0.416 e. The molecule has 0 aromatic heterocycles. The molecule has 3 aliphatic rings. The third kappa shape index (κ3) is 5.60. The van der Waals surface area contributed by atoms with E-state index in [-0.39, 0.29) is 35.0 Å². The van der Waals surface area contributed by atoms with Crippen molar-refractivity contribution in [2.75, 3.05) is 13.1 Å². The summed E-state index contributed by atoms with van der Waals surface area (Å²) in [6.07, 6.45) is -2.80. The summed E-state index contributed by atoms with van der Waals surface area (Å²) < 4.78 is 79.3. The fraction of sp³-hybridized carbons (Fsp3) is 0.538. The van der Waals surface area contributed by atoms with Gasteiger partial charge in [-0.15, -0.1) is 0 Å². The van der Waals surface area contributed by atoms with Gasteiger partial charge >= 0.3 is 12.4 Å². The zero-order valence-electron chi connectivity index (χ0n) is 19.0. The van der Waals surface area contributed by atoms with Gasteiger partial charge in [0.25, 0.3) is 0 Å². The molecule has 2 N–H and O–H groups in total. The van der Waals surface area contributed by atoms with Crippen LogP contribution in [-0.4, -0.2) is 13.1 Å². The van der Waals surface area contributed by atoms with Crippen molar-refractivity contribution < 1.29 is 26.3 Å². The summed E-state index contributed by atoms with van der Waals surface area (Å²) in [7, 11) is 0. The van der Waals surface area contributed by atoms with Crippen molar-refractivity contribution in [3.8, 4) is 0 Å². The molecule has 34 heavy (non-hydrogen) atoms. The molecule has 2 bridgehead atoms. The summed E-state index contributed by atoms with van der Waals surface area (Å²) in [5.41, 5.74) is -0.476. The van der Waals surface area contributed by atoms with E-state index in [1.807, 2.05) is 0 Å². The van der Waals surface area contributed by atoms with Gasteiger partial charge in [0, 0.05) is 26.2 Å². The second kappa shape index (κ2) is 9.53. The molecule has 0 saturated heterocycles. The van der Waals surface area contributed by atoms with E-state index in [1.165, 1.54) is 24.3 Å². The third-order valence-electron chi connectivity index (χ3n) is 7.83. The van der Waals surface area contributed by atoms with E-state index in [1.54, 1.807) is 12.1 Å². The van der Waals surface area contributed by atoms with Gasteiger partial charge in [-0.3, -0.25) is 0 Å². The molecule has 0 aliphatic heterocycles. The minimum Gasteiger partial charge on any atom is -0.312 e. The van der Waals surface area contributed by atoms with E-state index in [9.17, 15) is 26.3 Å². The summed E-state index contributed by atoms with van der Waals surface area (Å²) >= 11 is 0. The van der Waals surface area contributed by atoms with Crippen LogP contribution in [0.2, 0.25) is 0 Å². The first-order chi connectivity index (χ1) is 16.0. The first kappa shape index (κ1) is 25.0. The van der Waals surface area contributed by atoms with Crippen LogP contribution in [0.25, 0.3) is 0 Å². The van der Waals surface area contributed by atoms with E-state index in [2.05, 4.69) is 10.6 Å². The zero-order valence-corrected chi connectivity index (χ0v) is 19.0. The molecule has 2 nitrogen and oxygen atoms in total. The van der Waals surface area contributed by atoms with E-state index < -0.39 is 23.5 Å². The lowest BCUT2D eigenvalue weighted by Gasteiger charge is -2.54. The average molecular weight is 485 g/mol. The highest BCUT2D eigenvalue weighted by molar-refractivity contribution is 5.30. The molecule has 2 aromatic carbocycles. The fourth-order valence-electron chi connectivity index (χ4n) is 5.70. The van der Waals surface area contributed by atoms with Crippen LogP contribution in [0, 0.1) is 10.8 Å². The van der Waals surface area contributed by atoms with Gasteiger partial charge in [0.15, 0.2) is 0 Å². The molecular formula is C26H30F6N2. The van der Waals surface area contributed by atoms with E-state index in [0.29, 0.717) is 13.1 Å². The summed E-state index contributed by atoms with van der Waals surface area (Å²) in [5.74, 6) is 0. The van der Waals surface area contributed by atoms with E-state index in [0.717, 1.165) is 50.7 Å². The number of rotatable bonds is 8. The van der Waals surface area contributed by atoms with Crippen LogP contribution in [0.1, 0.15) is 60.8 Å². The SMILES string of the molecule is FC(F)(F)c1ccccc1CNCC12CCC(CNCc3ccccc3C(F)(F)F)(CC1)CC2. The first-order valence-corrected chi connectivity index (χ1v) is 11.7. The van der Waals surface area contributed by atoms with Crippen molar-refractivity contribution in [2.45, 2.75) is 64.0 Å². The maximum Gasteiger partial charge on any atom is 0.416 e. The smallest absolute Gasteiger partial charge is 0.312 e. The molecular weight excluding hydrogens is 454 g/mol. The molecule has 0 heterocycles. The maximum atomic E-state index is 13.2. The van der Waals surface area contributed by atoms with Gasteiger partial charge in [-0.05, 0) is 72.6 Å². The summed E-state index contributed by atoms with van der Waals surface area (Å²) in [4.78, 5) is 0. The molecule has 3 fully saturated rings. The van der Waals surface area contributed by atoms with Crippen molar-refractivity contribution in [1.82, 2.24) is 10.6 Å². The molecule has 0 amide bonds. The van der Waals surface area contributed by atoms with Gasteiger partial charge in [0.1, 0.15) is 0 Å². The van der Waals surface area contributed by atoms with Crippen LogP contribution < -0.4 is 10.6 Å². The summed E-state index contributed by atoms with van der Waals surface area (Å²) in [6.45, 7) is 1.73. The molecule has 5 rings (SSSR count). The standard InChI is InChI=1S/C26H30F6N2/c27-25(28,29)21-7-3-1-5-19(21)15-33-17-23-9-12-24(13-10-23,14-11-23)18-34-16-20-6-2-4-8-22(20)26(30,31)32/h1-8,33-34H,9-18H2. The topological polar surface area (TPSA) is 24.1 Å². The summed E-state index contributed by atoms with van der Waals surface area (Å²) in [6, 6.07) is 11.3. The fourth-order valence-corrected chi connectivity index (χ4v) is 5.70. The maximum absolute atomic E-state index is 13.2. The van der Waals surface area contributed by atoms with Crippen LogP contribution in [0.3, 0.4) is 0 Å². The number of nitrogens with one attached hydrogen (secondary N) is 2. The van der Waals surface area contributed by atoms with Gasteiger partial charge in [-0.2, -0.15) is 26.3 Å². The lowest BCUT2D eigenvalue weighted by atomic mass is 9.53. The van der Waals surface area contributed by atoms with Gasteiger partial charge in [0.2, 0.25) is 0 Å². The van der Waals surface area contributed by atoms with Gasteiger partial charge < -0.3 is 10.6 Å². The Morgan fingerprint density at radius 3 is 1.21 bits per heavy atom. The molecule has 8 heteroatoms. The Bertz CT molecular complexity index is 878. The molecule has 0 atom stereocenters. The van der Waals surface area contributed by atoms with E-state index >= 15 is 0 Å². The predicted molar refractivity (Wildman–Crippen MR) is 119 cm³/mol. The number of hydrogen-bond acceptors (Lipinski definition) is 2. The molecule has 0 spiro atoms. The van der Waals surface area contributed by atoms with Crippen LogP contribution >= 0.6 is 0 Å². The van der Waals surface area contributed by atoms with Gasteiger partial charge in [-0.25, -0.2) is 0 Å². The van der Waals surface area contributed by atoms with Crippen LogP contribution in [0.4, 0.5) is 26.3 Å². The van der Waals surface area contributed by atoms with Gasteiger partial charge in [-0.1, -0.05) is 36.4 Å². The highest BCUT2D eigenvalue weighted by atomic mass is 19.4. The Balaban J connectivity index is 1.27. The highest BCUT2D eigenvalue weighted by Crippen LogP contribution is 2.56. The normalized spacial score (nSPS) is 25.0. The van der Waals surface area contributed by atoms with E-state index in [4.69, 9.17) is 0 Å². The van der Waals surface area contributed by atoms with Crippen LogP contribution in [0.5, 0.6) is 0 Å². The summed E-state index contributed by atoms with van der Waals surface area (Å²) in [5, 5.41) is 6.55. The molecule has 0 radical (unpaired) electrons. The number of hydrogen-bond donors (Lipinski definition) is 2. The number of benzene rings is 2. The van der Waals surface area contributed by atoms with Crippen molar-refractivity contribution in [1.29, 1.82) is 0 Å². The number of halogens is 6. The van der Waals surface area contributed by atoms with Crippen molar-refractivity contribution >= 4 is 0 Å². The van der Waals surface area contributed by atoms with Crippen LogP contribution in [0.15, 0.2) is 48.5 Å². The van der Waals surface area contributed by atoms with Crippen molar-refractivity contribution in [2.24, 2.45) is 10.8 Å². The minimum atomic E-state index is -4.36. The second-order valence-electron chi connectivity index (χ2n) is 10.0. The Labute approximate surface area is 196 Å². The Morgan fingerprint density at radius 2 is 0.882 bits per heavy atom. The minimum absolute atomic E-state index is 0.0950. The third-order valence-corrected chi connectivity index (χ3v) is 7.83. The lowest BCUT2D eigenvalue weighted by Crippen LogP contribution is -2.49. The monoisotopic (exact) mass is 484 g/mol. The second-order valence-corrected chi connectivity index (χ2v) is 10.0. The Morgan fingerprint density at radius 1 is 0.559 bits per heavy atom. The molecule has 2 aromatic rings. The molecule has 3 saturated carbocycles. The number of alkyl halides is 6. The molecule has 186 valence electrons. The lowest BCUT2D eigenvalue weighted by molar-refractivity contribution is -0.139. The highest BCUT2D eigenvalue weighted by Gasteiger charge is 2.48. The van der Waals surface area contributed by atoms with Crippen molar-refractivity contribution in [3.63, 3.8) is 0 Å². The van der Waals surface area contributed by atoms with Gasteiger partial charge in [0.05, 0.1) is 11.1 Å². The zero-order chi connectivity index (χ0) is 24.5. The van der Waals surface area contributed by atoms with Crippen molar-refractivity contribution in [3.05, 3.63) is 70.8 Å². The number of fused-ring (bicyclic) bond motifs is 3. The molecule has 3 aliphatic carbocycles. The average Bonchev–Trinajstić information content (AvgIpc) is 2.80. The predicted octanol–water partition coefficient (Wildman–Crippen LogP) is 6.94. The van der Waals surface area contributed by atoms with Crippen LogP contribution in [-0.2, 0) is 25.4 Å².